The Morgan fingerprint density at radius 3 is 2.64 bits per heavy atom. The van der Waals surface area contributed by atoms with Crippen molar-refractivity contribution in [1.82, 2.24) is 24.8 Å². The highest BCUT2D eigenvalue weighted by Gasteiger charge is 2.20. The molecule has 0 bridgehead atoms. The van der Waals surface area contributed by atoms with Crippen LogP contribution in [0.25, 0.3) is 22.1 Å². The second-order valence-electron chi connectivity index (χ2n) is 8.50. The van der Waals surface area contributed by atoms with Gasteiger partial charge in [0.05, 0.1) is 34.5 Å². The molecule has 0 saturated carbocycles. The number of hydrogen-bond acceptors (Lipinski definition) is 5. The van der Waals surface area contributed by atoms with E-state index in [0.717, 1.165) is 33.7 Å². The van der Waals surface area contributed by atoms with Gasteiger partial charge in [0, 0.05) is 12.6 Å². The van der Waals surface area contributed by atoms with Crippen LogP contribution < -0.4 is 10.1 Å². The van der Waals surface area contributed by atoms with Crippen molar-refractivity contribution >= 4 is 33.9 Å². The summed E-state index contributed by atoms with van der Waals surface area (Å²) >= 11 is 0. The highest BCUT2D eigenvalue weighted by Crippen LogP contribution is 2.27. The van der Waals surface area contributed by atoms with Gasteiger partial charge in [-0.05, 0) is 49.4 Å². The van der Waals surface area contributed by atoms with Crippen LogP contribution in [-0.4, -0.2) is 49.7 Å². The Morgan fingerprint density at radius 1 is 1.06 bits per heavy atom. The number of carbonyl (C=O) groups excluding carboxylic acids is 1. The van der Waals surface area contributed by atoms with Gasteiger partial charge in [0.15, 0.2) is 0 Å². The molecule has 5 rings (SSSR count). The summed E-state index contributed by atoms with van der Waals surface area (Å²) in [5, 5.41) is 12.1. The molecular weight excluding hydrogens is 458 g/mol. The fourth-order valence-electron chi connectivity index (χ4n) is 4.23. The molecule has 1 amide bonds. The van der Waals surface area contributed by atoms with Crippen LogP contribution in [0.15, 0.2) is 66.7 Å². The van der Waals surface area contributed by atoms with Gasteiger partial charge < -0.3 is 24.7 Å². The summed E-state index contributed by atoms with van der Waals surface area (Å²) in [5.74, 6) is 0.553. The minimum atomic E-state index is -1.06. The van der Waals surface area contributed by atoms with Crippen molar-refractivity contribution in [3.8, 4) is 5.75 Å². The van der Waals surface area contributed by atoms with E-state index in [-0.39, 0.29) is 36.3 Å². The molecule has 9 heteroatoms. The van der Waals surface area contributed by atoms with E-state index in [4.69, 9.17) is 14.7 Å². The maximum atomic E-state index is 12.7. The number of aromatic carboxylic acids is 1. The highest BCUT2D eigenvalue weighted by atomic mass is 16.5. The van der Waals surface area contributed by atoms with E-state index in [2.05, 4.69) is 17.2 Å². The van der Waals surface area contributed by atoms with Gasteiger partial charge in [-0.1, -0.05) is 24.3 Å². The van der Waals surface area contributed by atoms with Crippen LogP contribution in [0.4, 0.5) is 0 Å². The van der Waals surface area contributed by atoms with E-state index < -0.39 is 5.97 Å². The molecule has 1 unspecified atom stereocenters. The van der Waals surface area contributed by atoms with Gasteiger partial charge >= 0.3 is 5.97 Å². The molecule has 0 aliphatic carbocycles. The van der Waals surface area contributed by atoms with Gasteiger partial charge in [0.2, 0.25) is 0 Å². The van der Waals surface area contributed by atoms with E-state index >= 15 is 0 Å². The van der Waals surface area contributed by atoms with E-state index in [1.807, 2.05) is 48.0 Å². The second kappa shape index (κ2) is 9.53. The largest absolute Gasteiger partial charge is 0.491 e. The zero-order valence-electron chi connectivity index (χ0n) is 19.9. The third kappa shape index (κ3) is 4.38. The lowest BCUT2D eigenvalue weighted by atomic mass is 10.1. The molecule has 0 fully saturated rings. The number of carbonyl (C=O) groups is 2. The van der Waals surface area contributed by atoms with Crippen molar-refractivity contribution in [2.24, 2.45) is 7.05 Å². The Morgan fingerprint density at radius 2 is 1.83 bits per heavy atom. The SMILES string of the molecule is CC(c1nc2ccccc2[nH]1)c1nc2ccc(C(=O)NCCOc3ccccc3C(=O)O)cc2n1C. The Kier molecular flexibility index (Phi) is 6.12. The van der Waals surface area contributed by atoms with Crippen LogP contribution in [0.3, 0.4) is 0 Å². The van der Waals surface area contributed by atoms with Crippen LogP contribution in [0.2, 0.25) is 0 Å². The Labute approximate surface area is 206 Å². The number of aromatic nitrogens is 4. The normalized spacial score (nSPS) is 12.1. The van der Waals surface area contributed by atoms with Crippen molar-refractivity contribution in [2.45, 2.75) is 12.8 Å². The summed E-state index contributed by atoms with van der Waals surface area (Å²) in [6.07, 6.45) is 0. The number of para-hydroxylation sites is 3. The Balaban J connectivity index is 1.28. The number of rotatable bonds is 8. The molecule has 2 heterocycles. The van der Waals surface area contributed by atoms with E-state index in [1.54, 1.807) is 24.3 Å². The number of fused-ring (bicyclic) bond motifs is 2. The van der Waals surface area contributed by atoms with Crippen molar-refractivity contribution in [3.05, 3.63) is 89.5 Å². The number of hydrogen-bond donors (Lipinski definition) is 3. The first kappa shape index (κ1) is 23.1. The lowest BCUT2D eigenvalue weighted by Gasteiger charge is -2.10. The lowest BCUT2D eigenvalue weighted by molar-refractivity contribution is 0.0691. The average molecular weight is 484 g/mol. The van der Waals surface area contributed by atoms with Gasteiger partial charge in [-0.15, -0.1) is 0 Å². The number of carboxylic acids is 1. The van der Waals surface area contributed by atoms with E-state index in [9.17, 15) is 14.7 Å². The average Bonchev–Trinajstić information content (AvgIpc) is 3.47. The molecular formula is C27H25N5O4. The zero-order valence-corrected chi connectivity index (χ0v) is 19.9. The fraction of sp³-hybridized carbons (Fsp3) is 0.185. The molecule has 1 atom stereocenters. The van der Waals surface area contributed by atoms with Gasteiger partial charge in [-0.3, -0.25) is 4.79 Å². The summed E-state index contributed by atoms with van der Waals surface area (Å²) < 4.78 is 7.53. The summed E-state index contributed by atoms with van der Waals surface area (Å²) in [4.78, 5) is 36.9. The topological polar surface area (TPSA) is 122 Å². The van der Waals surface area contributed by atoms with Crippen molar-refractivity contribution in [3.63, 3.8) is 0 Å². The first-order chi connectivity index (χ1) is 17.4. The van der Waals surface area contributed by atoms with Crippen LogP contribution in [0, 0.1) is 0 Å². The third-order valence-electron chi connectivity index (χ3n) is 6.15. The molecule has 5 aromatic rings. The molecule has 3 N–H and O–H groups in total. The Bertz CT molecular complexity index is 1550. The third-order valence-corrected chi connectivity index (χ3v) is 6.15. The molecule has 0 saturated heterocycles. The number of nitrogens with one attached hydrogen (secondary N) is 2. The van der Waals surface area contributed by atoms with Gasteiger partial charge in [-0.25, -0.2) is 14.8 Å². The molecule has 9 nitrogen and oxygen atoms in total. The number of aryl methyl sites for hydroxylation is 1. The number of nitrogens with zero attached hydrogens (tertiary/aromatic N) is 3. The Hall–Kier alpha value is -4.66. The van der Waals surface area contributed by atoms with Gasteiger partial charge in [0.25, 0.3) is 5.91 Å². The van der Waals surface area contributed by atoms with Crippen molar-refractivity contribution < 1.29 is 19.4 Å². The maximum absolute atomic E-state index is 12.7. The fourth-order valence-corrected chi connectivity index (χ4v) is 4.23. The number of H-pyrrole nitrogens is 1. The first-order valence-electron chi connectivity index (χ1n) is 11.6. The first-order valence-corrected chi connectivity index (χ1v) is 11.6. The number of amides is 1. The van der Waals surface area contributed by atoms with Gasteiger partial charge in [0.1, 0.15) is 29.6 Å². The molecule has 0 aliphatic heterocycles. The molecule has 0 radical (unpaired) electrons. The summed E-state index contributed by atoms with van der Waals surface area (Å²) in [5.41, 5.74) is 4.10. The monoisotopic (exact) mass is 483 g/mol. The second-order valence-corrected chi connectivity index (χ2v) is 8.50. The summed E-state index contributed by atoms with van der Waals surface area (Å²) in [7, 11) is 1.93. The predicted molar refractivity (Wildman–Crippen MR) is 136 cm³/mol. The number of aromatic amines is 1. The summed E-state index contributed by atoms with van der Waals surface area (Å²) in [6, 6.07) is 19.7. The molecule has 0 aliphatic rings. The standard InChI is InChI=1S/C27H25N5O4/c1-16(24-29-19-8-4-5-9-20(19)30-24)25-31-21-12-11-17(15-22(21)32(25)2)26(33)28-13-14-36-23-10-6-3-7-18(23)27(34)35/h3-12,15-16H,13-14H2,1-2H3,(H,28,33)(H,29,30)(H,34,35). The zero-order chi connectivity index (χ0) is 25.2. The van der Waals surface area contributed by atoms with E-state index in [0.29, 0.717) is 5.56 Å². The summed E-state index contributed by atoms with van der Waals surface area (Å²) in [6.45, 7) is 2.42. The number of carboxylic acid groups (broad SMARTS) is 1. The van der Waals surface area contributed by atoms with Crippen LogP contribution in [0.5, 0.6) is 5.75 Å². The molecule has 36 heavy (non-hydrogen) atoms. The van der Waals surface area contributed by atoms with Crippen molar-refractivity contribution in [1.29, 1.82) is 0 Å². The van der Waals surface area contributed by atoms with Crippen LogP contribution >= 0.6 is 0 Å². The van der Waals surface area contributed by atoms with Crippen LogP contribution in [0.1, 0.15) is 45.2 Å². The number of imidazole rings is 2. The smallest absolute Gasteiger partial charge is 0.339 e. The van der Waals surface area contributed by atoms with E-state index in [1.165, 1.54) is 6.07 Å². The highest BCUT2D eigenvalue weighted by molar-refractivity contribution is 5.97. The molecule has 2 aromatic heterocycles. The minimum Gasteiger partial charge on any atom is -0.491 e. The quantitative estimate of drug-likeness (QED) is 0.286. The van der Waals surface area contributed by atoms with Crippen molar-refractivity contribution in [2.75, 3.05) is 13.2 Å². The molecule has 182 valence electrons. The molecule has 0 spiro atoms. The maximum Gasteiger partial charge on any atom is 0.339 e. The van der Waals surface area contributed by atoms with Crippen LogP contribution in [-0.2, 0) is 7.05 Å². The predicted octanol–water partition coefficient (Wildman–Crippen LogP) is 4.11. The lowest BCUT2D eigenvalue weighted by Crippen LogP contribution is -2.28. The van der Waals surface area contributed by atoms with Gasteiger partial charge in [-0.2, -0.15) is 0 Å². The number of benzene rings is 3. The molecule has 3 aromatic carbocycles. The minimum absolute atomic E-state index is 0.0714. The number of ether oxygens (including phenoxy) is 1.